The Labute approximate surface area is 157 Å². The fraction of sp³-hybridized carbons (Fsp3) is 0.571. The molecule has 26 heavy (non-hydrogen) atoms. The van der Waals surface area contributed by atoms with Gasteiger partial charge in [0, 0.05) is 17.0 Å². The summed E-state index contributed by atoms with van der Waals surface area (Å²) in [6, 6.07) is 10.8. The van der Waals surface area contributed by atoms with E-state index in [2.05, 4.69) is 70.0 Å². The maximum absolute atomic E-state index is 6.20. The Kier molecular flexibility index (Phi) is 4.37. The zero-order valence-electron chi connectivity index (χ0n) is 16.6. The molecular weight excluding hydrogens is 323 g/mol. The van der Waals surface area contributed by atoms with E-state index in [0.717, 1.165) is 24.1 Å². The topological polar surface area (TPSA) is 34.6 Å². The monoisotopic (exact) mass is 352 g/mol. The lowest BCUT2D eigenvalue weighted by molar-refractivity contribution is 0.00578. The number of hydrogen-bond donors (Lipinski definition) is 0. The Morgan fingerprint density at radius 3 is 2.27 bits per heavy atom. The summed E-state index contributed by atoms with van der Waals surface area (Å²) in [6.07, 6.45) is 2.37. The maximum atomic E-state index is 6.20. The molecule has 2 fully saturated rings. The zero-order chi connectivity index (χ0) is 18.5. The molecule has 0 radical (unpaired) electrons. The van der Waals surface area contributed by atoms with E-state index in [1.807, 2.05) is 0 Å². The highest BCUT2D eigenvalue weighted by molar-refractivity contribution is 6.62. The summed E-state index contributed by atoms with van der Waals surface area (Å²) in [7, 11) is 1.86. The largest absolute Gasteiger partial charge is 0.494 e. The first kappa shape index (κ1) is 18.0. The average Bonchev–Trinajstić information content (AvgIpc) is 2.82. The highest BCUT2D eigenvalue weighted by Crippen LogP contribution is 2.36. The summed E-state index contributed by atoms with van der Waals surface area (Å²) in [6.45, 7) is 10.7. The molecule has 0 amide bonds. The van der Waals surface area contributed by atoms with E-state index in [4.69, 9.17) is 14.3 Å². The van der Waals surface area contributed by atoms with Crippen LogP contribution >= 0.6 is 0 Å². The minimum absolute atomic E-state index is 0.323. The lowest BCUT2D eigenvalue weighted by atomic mass is 9.78. The van der Waals surface area contributed by atoms with Crippen molar-refractivity contribution in [3.8, 4) is 0 Å². The molecule has 4 rings (SSSR count). The first-order chi connectivity index (χ1) is 12.2. The maximum Gasteiger partial charge on any atom is 0.494 e. The molecular formula is C21H29BN2O2. The fourth-order valence-corrected chi connectivity index (χ4v) is 3.81. The molecule has 5 heteroatoms. The third-order valence-corrected chi connectivity index (χ3v) is 6.40. The van der Waals surface area contributed by atoms with Gasteiger partial charge >= 0.3 is 7.12 Å². The number of aromatic nitrogens is 1. The summed E-state index contributed by atoms with van der Waals surface area (Å²) < 4.78 is 12.4. The van der Waals surface area contributed by atoms with Gasteiger partial charge in [0.15, 0.2) is 0 Å². The van der Waals surface area contributed by atoms with Gasteiger partial charge in [-0.05, 0) is 78.3 Å². The van der Waals surface area contributed by atoms with Gasteiger partial charge in [0.2, 0.25) is 0 Å². The number of nitrogens with zero attached hydrogens (tertiary/aromatic N) is 2. The molecule has 3 heterocycles. The van der Waals surface area contributed by atoms with E-state index < -0.39 is 0 Å². The highest BCUT2D eigenvalue weighted by Gasteiger charge is 2.51. The second kappa shape index (κ2) is 6.33. The second-order valence-electron chi connectivity index (χ2n) is 8.85. The van der Waals surface area contributed by atoms with E-state index >= 15 is 0 Å². The van der Waals surface area contributed by atoms with Crippen molar-refractivity contribution in [3.05, 3.63) is 36.0 Å². The van der Waals surface area contributed by atoms with Crippen LogP contribution in [0.1, 0.15) is 52.1 Å². The first-order valence-corrected chi connectivity index (χ1v) is 9.70. The zero-order valence-corrected chi connectivity index (χ0v) is 16.6. The predicted molar refractivity (Wildman–Crippen MR) is 107 cm³/mol. The Balaban J connectivity index is 1.62. The van der Waals surface area contributed by atoms with Gasteiger partial charge in [-0.3, -0.25) is 4.98 Å². The minimum atomic E-state index is -0.335. The van der Waals surface area contributed by atoms with Crippen LogP contribution in [0.3, 0.4) is 0 Å². The molecule has 0 atom stereocenters. The van der Waals surface area contributed by atoms with Gasteiger partial charge in [-0.2, -0.15) is 0 Å². The summed E-state index contributed by atoms with van der Waals surface area (Å²) in [4.78, 5) is 7.40. The van der Waals surface area contributed by atoms with Gasteiger partial charge in [-0.25, -0.2) is 0 Å². The highest BCUT2D eigenvalue weighted by atomic mass is 16.7. The van der Waals surface area contributed by atoms with E-state index in [1.165, 1.54) is 23.9 Å². The first-order valence-electron chi connectivity index (χ1n) is 9.70. The van der Waals surface area contributed by atoms with Crippen molar-refractivity contribution in [2.24, 2.45) is 0 Å². The van der Waals surface area contributed by atoms with Crippen molar-refractivity contribution in [2.75, 3.05) is 20.1 Å². The van der Waals surface area contributed by atoms with Gasteiger partial charge < -0.3 is 14.2 Å². The molecule has 2 aliphatic heterocycles. The Hall–Kier alpha value is -1.43. The Bertz CT molecular complexity index is 797. The molecule has 4 nitrogen and oxygen atoms in total. The molecule has 1 aromatic carbocycles. The van der Waals surface area contributed by atoms with Crippen molar-refractivity contribution < 1.29 is 9.31 Å². The van der Waals surface area contributed by atoms with Crippen molar-refractivity contribution in [2.45, 2.75) is 57.7 Å². The number of rotatable bonds is 2. The van der Waals surface area contributed by atoms with Gasteiger partial charge in [-0.1, -0.05) is 18.2 Å². The second-order valence-corrected chi connectivity index (χ2v) is 8.85. The van der Waals surface area contributed by atoms with Crippen LogP contribution in [-0.2, 0) is 9.31 Å². The molecule has 2 aromatic rings. The molecule has 0 spiro atoms. The quantitative estimate of drug-likeness (QED) is 0.777. The van der Waals surface area contributed by atoms with Crippen LogP contribution in [0, 0.1) is 0 Å². The third kappa shape index (κ3) is 3.17. The SMILES string of the molecule is CN1CCC(c2ccc3ccc(B4OC(C)(C)C(C)(C)O4)cc3n2)CC1. The van der Waals surface area contributed by atoms with Crippen LogP contribution in [0.2, 0.25) is 0 Å². The number of fused-ring (bicyclic) bond motifs is 1. The van der Waals surface area contributed by atoms with E-state index in [9.17, 15) is 0 Å². The number of piperidine rings is 1. The van der Waals surface area contributed by atoms with Crippen LogP contribution in [0.4, 0.5) is 0 Å². The Morgan fingerprint density at radius 2 is 1.62 bits per heavy atom. The lowest BCUT2D eigenvalue weighted by Gasteiger charge is -2.32. The normalized spacial score (nSPS) is 23.7. The smallest absolute Gasteiger partial charge is 0.399 e. The summed E-state index contributed by atoms with van der Waals surface area (Å²) in [5.41, 5.74) is 2.65. The Morgan fingerprint density at radius 1 is 1.00 bits per heavy atom. The van der Waals surface area contributed by atoms with Crippen molar-refractivity contribution in [1.29, 1.82) is 0 Å². The molecule has 0 saturated carbocycles. The van der Waals surface area contributed by atoms with Crippen LogP contribution in [0.25, 0.3) is 10.9 Å². The van der Waals surface area contributed by atoms with Gasteiger partial charge in [0.1, 0.15) is 0 Å². The third-order valence-electron chi connectivity index (χ3n) is 6.40. The molecule has 2 saturated heterocycles. The number of likely N-dealkylation sites (tertiary alicyclic amines) is 1. The van der Waals surface area contributed by atoms with Crippen LogP contribution in [0.5, 0.6) is 0 Å². The lowest BCUT2D eigenvalue weighted by Crippen LogP contribution is -2.41. The van der Waals surface area contributed by atoms with Crippen molar-refractivity contribution in [3.63, 3.8) is 0 Å². The summed E-state index contributed by atoms with van der Waals surface area (Å²) in [5.74, 6) is 0.566. The molecule has 0 bridgehead atoms. The molecule has 1 aromatic heterocycles. The molecule has 0 aliphatic carbocycles. The van der Waals surface area contributed by atoms with Crippen LogP contribution < -0.4 is 5.46 Å². The van der Waals surface area contributed by atoms with Crippen molar-refractivity contribution >= 4 is 23.5 Å². The standard InChI is InChI=1S/C21H29BN2O2/c1-20(2)21(3,4)26-22(25-20)17-8-6-15-7-9-18(23-19(15)14-17)16-10-12-24(5)13-11-16/h6-9,14,16H,10-13H2,1-5H3. The van der Waals surface area contributed by atoms with Crippen molar-refractivity contribution in [1.82, 2.24) is 9.88 Å². The summed E-state index contributed by atoms with van der Waals surface area (Å²) >= 11 is 0. The van der Waals surface area contributed by atoms with Gasteiger partial charge in [-0.15, -0.1) is 0 Å². The predicted octanol–water partition coefficient (Wildman–Crippen LogP) is 3.34. The van der Waals surface area contributed by atoms with Crippen LogP contribution in [-0.4, -0.2) is 48.3 Å². The molecule has 0 unspecified atom stereocenters. The number of hydrogen-bond acceptors (Lipinski definition) is 4. The van der Waals surface area contributed by atoms with E-state index in [1.54, 1.807) is 0 Å². The van der Waals surface area contributed by atoms with Crippen LogP contribution in [0.15, 0.2) is 30.3 Å². The number of benzene rings is 1. The summed E-state index contributed by atoms with van der Waals surface area (Å²) in [5, 5.41) is 1.17. The minimum Gasteiger partial charge on any atom is -0.399 e. The van der Waals surface area contributed by atoms with E-state index in [-0.39, 0.29) is 18.3 Å². The average molecular weight is 352 g/mol. The molecule has 2 aliphatic rings. The van der Waals surface area contributed by atoms with Gasteiger partial charge in [0.05, 0.1) is 16.7 Å². The fourth-order valence-electron chi connectivity index (χ4n) is 3.81. The number of pyridine rings is 1. The van der Waals surface area contributed by atoms with E-state index in [0.29, 0.717) is 5.92 Å². The molecule has 138 valence electrons. The molecule has 0 N–H and O–H groups in total. The van der Waals surface area contributed by atoms with Gasteiger partial charge in [0.25, 0.3) is 0 Å².